The van der Waals surface area contributed by atoms with Gasteiger partial charge in [-0.3, -0.25) is 0 Å². The third-order valence-electron chi connectivity index (χ3n) is 4.44. The van der Waals surface area contributed by atoms with Gasteiger partial charge in [0.05, 0.1) is 33.3 Å². The molecular weight excluding hydrogens is 425 g/mol. The van der Waals surface area contributed by atoms with Crippen molar-refractivity contribution in [1.82, 2.24) is 9.97 Å². The number of hydrogen-bond acceptors (Lipinski definition) is 5. The summed E-state index contributed by atoms with van der Waals surface area (Å²) in [5.41, 5.74) is 4.82. The minimum Gasteiger partial charge on any atom is -0.479 e. The van der Waals surface area contributed by atoms with E-state index in [1.807, 2.05) is 26.0 Å². The monoisotopic (exact) mass is 443 g/mol. The van der Waals surface area contributed by atoms with Crippen LogP contribution in [0.2, 0.25) is 10.0 Å². The molecular formula is C22H19Cl2N3O3. The highest BCUT2D eigenvalue weighted by atomic mass is 35.5. The van der Waals surface area contributed by atoms with Gasteiger partial charge < -0.3 is 14.5 Å². The molecule has 1 N–H and O–H groups in total. The Morgan fingerprint density at radius 3 is 2.50 bits per heavy atom. The minimum absolute atomic E-state index is 0.178. The first-order valence-corrected chi connectivity index (χ1v) is 9.94. The Hall–Kier alpha value is -3.01. The molecule has 3 aromatic rings. The summed E-state index contributed by atoms with van der Waals surface area (Å²) in [6.07, 6.45) is 1.63. The number of nitriles is 1. The van der Waals surface area contributed by atoms with Crippen molar-refractivity contribution >= 4 is 51.9 Å². The SMILES string of the molecule is CCOC(=O)COc1c(Cl)cc(/C=C(/C#N)c2nc3cc(C)c(C)cc3[nH]2)cc1Cl. The number of H-pyrrole nitrogens is 1. The van der Waals surface area contributed by atoms with Crippen molar-refractivity contribution in [3.05, 3.63) is 56.8 Å². The Labute approximate surface area is 184 Å². The molecule has 0 saturated heterocycles. The number of rotatable bonds is 6. The van der Waals surface area contributed by atoms with E-state index in [1.54, 1.807) is 25.1 Å². The van der Waals surface area contributed by atoms with Crippen LogP contribution in [0.4, 0.5) is 0 Å². The molecule has 0 aliphatic rings. The van der Waals surface area contributed by atoms with Gasteiger partial charge in [-0.1, -0.05) is 23.2 Å². The first-order chi connectivity index (χ1) is 14.3. The van der Waals surface area contributed by atoms with Crippen LogP contribution in [-0.2, 0) is 9.53 Å². The maximum atomic E-state index is 11.5. The lowest BCUT2D eigenvalue weighted by molar-refractivity contribution is -0.145. The molecule has 1 aromatic heterocycles. The van der Waals surface area contributed by atoms with Gasteiger partial charge >= 0.3 is 5.97 Å². The van der Waals surface area contributed by atoms with Gasteiger partial charge in [0.1, 0.15) is 11.9 Å². The molecule has 0 unspecified atom stereocenters. The summed E-state index contributed by atoms with van der Waals surface area (Å²) in [5.74, 6) is 0.111. The van der Waals surface area contributed by atoms with Crippen molar-refractivity contribution in [2.45, 2.75) is 20.8 Å². The molecule has 0 spiro atoms. The number of fused-ring (bicyclic) bond motifs is 1. The second kappa shape index (κ2) is 9.21. The Morgan fingerprint density at radius 1 is 1.20 bits per heavy atom. The van der Waals surface area contributed by atoms with Crippen LogP contribution in [0.5, 0.6) is 5.75 Å². The Kier molecular flexibility index (Phi) is 6.66. The van der Waals surface area contributed by atoms with Crippen LogP contribution in [0.15, 0.2) is 24.3 Å². The number of ether oxygens (including phenoxy) is 2. The number of carbonyl (C=O) groups is 1. The van der Waals surface area contributed by atoms with E-state index in [1.165, 1.54) is 0 Å². The lowest BCUT2D eigenvalue weighted by atomic mass is 10.1. The van der Waals surface area contributed by atoms with Crippen LogP contribution in [0, 0.1) is 25.2 Å². The molecule has 0 aliphatic heterocycles. The summed E-state index contributed by atoms with van der Waals surface area (Å²) in [7, 11) is 0. The maximum Gasteiger partial charge on any atom is 0.344 e. The van der Waals surface area contributed by atoms with Gasteiger partial charge in [0.15, 0.2) is 12.4 Å². The number of allylic oxidation sites excluding steroid dienone is 1. The van der Waals surface area contributed by atoms with Crippen LogP contribution in [0.25, 0.3) is 22.7 Å². The molecule has 2 aromatic carbocycles. The fourth-order valence-electron chi connectivity index (χ4n) is 2.85. The van der Waals surface area contributed by atoms with Crippen molar-refractivity contribution < 1.29 is 14.3 Å². The number of nitrogens with one attached hydrogen (secondary N) is 1. The second-order valence-electron chi connectivity index (χ2n) is 6.62. The number of aromatic amines is 1. The quantitative estimate of drug-likeness (QED) is 0.401. The van der Waals surface area contributed by atoms with E-state index >= 15 is 0 Å². The van der Waals surface area contributed by atoms with Gasteiger partial charge in [-0.05, 0) is 67.8 Å². The third kappa shape index (κ3) is 4.76. The Bertz CT molecular complexity index is 1130. The Morgan fingerprint density at radius 2 is 1.87 bits per heavy atom. The van der Waals surface area contributed by atoms with Crippen molar-refractivity contribution in [2.24, 2.45) is 0 Å². The van der Waals surface area contributed by atoms with Gasteiger partial charge in [0.2, 0.25) is 0 Å². The number of benzene rings is 2. The van der Waals surface area contributed by atoms with Crippen molar-refractivity contribution in [2.75, 3.05) is 13.2 Å². The largest absolute Gasteiger partial charge is 0.479 e. The van der Waals surface area contributed by atoms with Crippen molar-refractivity contribution in [3.63, 3.8) is 0 Å². The van der Waals surface area contributed by atoms with Gasteiger partial charge in [-0.2, -0.15) is 5.26 Å². The number of hydrogen-bond donors (Lipinski definition) is 1. The summed E-state index contributed by atoms with van der Waals surface area (Å²) >= 11 is 12.5. The van der Waals surface area contributed by atoms with Crippen LogP contribution < -0.4 is 4.74 Å². The van der Waals surface area contributed by atoms with Gasteiger partial charge in [0, 0.05) is 0 Å². The van der Waals surface area contributed by atoms with Crippen LogP contribution in [0.3, 0.4) is 0 Å². The molecule has 0 fully saturated rings. The molecule has 3 rings (SSSR count). The molecule has 0 amide bonds. The second-order valence-corrected chi connectivity index (χ2v) is 7.43. The molecule has 1 heterocycles. The topological polar surface area (TPSA) is 88.0 Å². The summed E-state index contributed by atoms with van der Waals surface area (Å²) in [6, 6.07) is 9.33. The summed E-state index contributed by atoms with van der Waals surface area (Å²) in [5, 5.41) is 10.1. The van der Waals surface area contributed by atoms with Crippen LogP contribution >= 0.6 is 23.2 Å². The average molecular weight is 444 g/mol. The lowest BCUT2D eigenvalue weighted by Gasteiger charge is -2.10. The van der Waals surface area contributed by atoms with E-state index in [0.717, 1.165) is 22.2 Å². The van der Waals surface area contributed by atoms with E-state index in [2.05, 4.69) is 16.0 Å². The number of halogens is 2. The molecule has 0 radical (unpaired) electrons. The van der Waals surface area contributed by atoms with E-state index in [0.29, 0.717) is 17.0 Å². The van der Waals surface area contributed by atoms with Gasteiger partial charge in [-0.15, -0.1) is 0 Å². The highest BCUT2D eigenvalue weighted by molar-refractivity contribution is 6.37. The Balaban J connectivity index is 1.91. The zero-order valence-corrected chi connectivity index (χ0v) is 18.2. The molecule has 0 bridgehead atoms. The lowest BCUT2D eigenvalue weighted by Crippen LogP contribution is -2.14. The number of esters is 1. The van der Waals surface area contributed by atoms with Gasteiger partial charge in [-0.25, -0.2) is 9.78 Å². The van der Waals surface area contributed by atoms with E-state index < -0.39 is 5.97 Å². The molecule has 0 saturated carbocycles. The number of carbonyl (C=O) groups excluding carboxylic acids is 1. The van der Waals surface area contributed by atoms with E-state index in [4.69, 9.17) is 32.7 Å². The zero-order chi connectivity index (χ0) is 21.8. The van der Waals surface area contributed by atoms with E-state index in [9.17, 15) is 10.1 Å². The number of aryl methyl sites for hydroxylation is 2. The van der Waals surface area contributed by atoms with Crippen molar-refractivity contribution in [1.29, 1.82) is 5.26 Å². The summed E-state index contributed by atoms with van der Waals surface area (Å²) < 4.78 is 10.2. The molecule has 0 aliphatic carbocycles. The molecule has 8 heteroatoms. The minimum atomic E-state index is -0.518. The number of imidazole rings is 1. The van der Waals surface area contributed by atoms with Crippen LogP contribution in [-0.4, -0.2) is 29.2 Å². The zero-order valence-electron chi connectivity index (χ0n) is 16.7. The fraction of sp³-hybridized carbons (Fsp3) is 0.227. The molecule has 0 atom stereocenters. The first kappa shape index (κ1) is 21.7. The molecule has 154 valence electrons. The highest BCUT2D eigenvalue weighted by Gasteiger charge is 2.14. The normalized spacial score (nSPS) is 11.4. The third-order valence-corrected chi connectivity index (χ3v) is 5.01. The number of aromatic nitrogens is 2. The average Bonchev–Trinajstić information content (AvgIpc) is 3.08. The first-order valence-electron chi connectivity index (χ1n) is 9.19. The van der Waals surface area contributed by atoms with Crippen LogP contribution in [0.1, 0.15) is 29.4 Å². The smallest absolute Gasteiger partial charge is 0.344 e. The predicted molar refractivity (Wildman–Crippen MR) is 118 cm³/mol. The standard InChI is InChI=1S/C22H19Cl2N3O3/c1-4-29-20(28)11-30-21-16(23)8-14(9-17(21)24)7-15(10-25)22-26-18-5-12(2)13(3)6-19(18)27-22/h5-9H,4,11H2,1-3H3,(H,26,27)/b15-7-. The summed E-state index contributed by atoms with van der Waals surface area (Å²) in [4.78, 5) is 19.2. The molecule has 30 heavy (non-hydrogen) atoms. The molecule has 6 nitrogen and oxygen atoms in total. The number of nitrogens with zero attached hydrogens (tertiary/aromatic N) is 2. The predicted octanol–water partition coefficient (Wildman–Crippen LogP) is 5.49. The van der Waals surface area contributed by atoms with Crippen molar-refractivity contribution in [3.8, 4) is 11.8 Å². The maximum absolute atomic E-state index is 11.5. The van der Waals surface area contributed by atoms with Gasteiger partial charge in [0.25, 0.3) is 0 Å². The highest BCUT2D eigenvalue weighted by Crippen LogP contribution is 2.35. The summed E-state index contributed by atoms with van der Waals surface area (Å²) in [6.45, 7) is 5.69. The van der Waals surface area contributed by atoms with E-state index in [-0.39, 0.29) is 29.0 Å². The fourth-order valence-corrected chi connectivity index (χ4v) is 3.46.